The average Bonchev–Trinajstić information content (AvgIpc) is 2.71. The Bertz CT molecular complexity index is 1040. The molecule has 0 aliphatic heterocycles. The lowest BCUT2D eigenvalue weighted by Crippen LogP contribution is -2.21. The van der Waals surface area contributed by atoms with E-state index in [4.69, 9.17) is 9.47 Å². The summed E-state index contributed by atoms with van der Waals surface area (Å²) in [4.78, 5) is 45.5. The van der Waals surface area contributed by atoms with Crippen molar-refractivity contribution >= 4 is 35.0 Å². The number of benzene rings is 2. The van der Waals surface area contributed by atoms with Crippen LogP contribution >= 0.6 is 0 Å². The van der Waals surface area contributed by atoms with Crippen molar-refractivity contribution in [3.63, 3.8) is 0 Å². The third-order valence-electron chi connectivity index (χ3n) is 3.75. The molecule has 0 aromatic heterocycles. The van der Waals surface area contributed by atoms with Crippen molar-refractivity contribution < 1.29 is 42.0 Å². The molecule has 2 rings (SSSR count). The Morgan fingerprint density at radius 3 is 2.41 bits per heavy atom. The maximum absolute atomic E-state index is 12.7. The van der Waals surface area contributed by atoms with Gasteiger partial charge < -0.3 is 14.8 Å². The number of halogens is 3. The summed E-state index contributed by atoms with van der Waals surface area (Å²) >= 11 is 0. The lowest BCUT2D eigenvalue weighted by Gasteiger charge is -2.10. The van der Waals surface area contributed by atoms with Gasteiger partial charge in [-0.05, 0) is 37.3 Å². The fourth-order valence-corrected chi connectivity index (χ4v) is 2.37. The molecule has 0 aliphatic rings. The number of nitrogens with one attached hydrogen (secondary N) is 2. The number of ether oxygens (including phenoxy) is 2. The molecule has 0 radical (unpaired) electrons. The number of hydrogen-bond donors (Lipinski definition) is 2. The van der Waals surface area contributed by atoms with Gasteiger partial charge in [0.2, 0.25) is 0 Å². The minimum absolute atomic E-state index is 0.0207. The van der Waals surface area contributed by atoms with Gasteiger partial charge in [0.25, 0.3) is 11.6 Å². The molecule has 2 N–H and O–H groups in total. The standard InChI is InChI=1S/C19H16F3N3O7/c1-2-31-18(28)23-13-5-3-4-11(8-13)17(27)32-10-16(26)24-14-7-6-12(19(20,21)22)9-15(14)25(29)30/h3-9H,2,10H2,1H3,(H,23,28)(H,24,26). The van der Waals surface area contributed by atoms with Crippen LogP contribution in [0, 0.1) is 10.1 Å². The van der Waals surface area contributed by atoms with Gasteiger partial charge in [-0.15, -0.1) is 0 Å². The van der Waals surface area contributed by atoms with E-state index >= 15 is 0 Å². The van der Waals surface area contributed by atoms with E-state index in [9.17, 15) is 37.7 Å². The van der Waals surface area contributed by atoms with Gasteiger partial charge in [-0.3, -0.25) is 20.2 Å². The molecule has 0 fully saturated rings. The number of nitrogens with zero attached hydrogens (tertiary/aromatic N) is 1. The van der Waals surface area contributed by atoms with E-state index in [1.165, 1.54) is 24.3 Å². The molecule has 0 spiro atoms. The molecule has 32 heavy (non-hydrogen) atoms. The van der Waals surface area contributed by atoms with Crippen molar-refractivity contribution in [1.29, 1.82) is 0 Å². The second-order valence-corrected chi connectivity index (χ2v) is 6.04. The van der Waals surface area contributed by atoms with E-state index in [0.717, 1.165) is 6.07 Å². The van der Waals surface area contributed by atoms with Crippen LogP contribution in [0.1, 0.15) is 22.8 Å². The van der Waals surface area contributed by atoms with Gasteiger partial charge >= 0.3 is 18.2 Å². The van der Waals surface area contributed by atoms with Crippen LogP contribution in [-0.4, -0.2) is 36.1 Å². The summed E-state index contributed by atoms with van der Waals surface area (Å²) in [6.07, 6.45) is -5.55. The highest BCUT2D eigenvalue weighted by Crippen LogP contribution is 2.34. The number of nitro benzene ring substituents is 1. The quantitative estimate of drug-likeness (QED) is 0.366. The molecule has 10 nitrogen and oxygen atoms in total. The smallest absolute Gasteiger partial charge is 0.416 e. The molecule has 0 bridgehead atoms. The van der Waals surface area contributed by atoms with Crippen LogP contribution in [0.2, 0.25) is 0 Å². The summed E-state index contributed by atoms with van der Waals surface area (Å²) in [5.74, 6) is -1.96. The van der Waals surface area contributed by atoms with Crippen LogP contribution in [0.3, 0.4) is 0 Å². The van der Waals surface area contributed by atoms with Crippen molar-refractivity contribution in [3.8, 4) is 0 Å². The zero-order valence-electron chi connectivity index (χ0n) is 16.4. The summed E-state index contributed by atoms with van der Waals surface area (Å²) in [7, 11) is 0. The van der Waals surface area contributed by atoms with Crippen LogP contribution in [0.15, 0.2) is 42.5 Å². The van der Waals surface area contributed by atoms with E-state index in [1.54, 1.807) is 6.92 Å². The number of carbonyl (C=O) groups is 3. The fraction of sp³-hybridized carbons (Fsp3) is 0.211. The van der Waals surface area contributed by atoms with Gasteiger partial charge in [0, 0.05) is 11.8 Å². The summed E-state index contributed by atoms with van der Waals surface area (Å²) in [6, 6.07) is 7.09. The van der Waals surface area contributed by atoms with Gasteiger partial charge in [0.05, 0.1) is 22.7 Å². The predicted octanol–water partition coefficient (Wildman–Crippen LogP) is 3.98. The Morgan fingerprint density at radius 1 is 1.06 bits per heavy atom. The van der Waals surface area contributed by atoms with Crippen LogP contribution in [0.5, 0.6) is 0 Å². The molecule has 170 valence electrons. The van der Waals surface area contributed by atoms with E-state index in [-0.39, 0.29) is 23.9 Å². The summed E-state index contributed by atoms with van der Waals surface area (Å²) in [5, 5.41) is 15.5. The van der Waals surface area contributed by atoms with Gasteiger partial charge in [-0.2, -0.15) is 13.2 Å². The molecule has 2 aromatic carbocycles. The van der Waals surface area contributed by atoms with Gasteiger partial charge in [0.15, 0.2) is 6.61 Å². The first-order valence-electron chi connectivity index (χ1n) is 8.87. The van der Waals surface area contributed by atoms with Crippen molar-refractivity contribution in [2.75, 3.05) is 23.8 Å². The number of rotatable bonds is 7. The Labute approximate surface area is 178 Å². The molecular weight excluding hydrogens is 439 g/mol. The normalized spacial score (nSPS) is 10.8. The van der Waals surface area contributed by atoms with Crippen molar-refractivity contribution in [2.45, 2.75) is 13.1 Å². The Hall–Kier alpha value is -4.16. The van der Waals surface area contributed by atoms with Crippen LogP contribution in [0.25, 0.3) is 0 Å². The first-order chi connectivity index (χ1) is 15.0. The Morgan fingerprint density at radius 2 is 1.78 bits per heavy atom. The third-order valence-corrected chi connectivity index (χ3v) is 3.75. The van der Waals surface area contributed by atoms with Gasteiger partial charge in [0.1, 0.15) is 5.69 Å². The minimum atomic E-state index is -4.81. The molecule has 0 aliphatic carbocycles. The number of alkyl halides is 3. The van der Waals surface area contributed by atoms with Crippen LogP contribution in [-0.2, 0) is 20.4 Å². The topological polar surface area (TPSA) is 137 Å². The SMILES string of the molecule is CCOC(=O)Nc1cccc(C(=O)OCC(=O)Nc2ccc(C(F)(F)F)cc2[N+](=O)[O-])c1. The molecule has 0 unspecified atom stereocenters. The van der Waals surface area contributed by atoms with E-state index in [0.29, 0.717) is 6.07 Å². The largest absolute Gasteiger partial charge is 0.452 e. The lowest BCUT2D eigenvalue weighted by atomic mass is 10.1. The molecule has 2 amide bonds. The zero-order chi connectivity index (χ0) is 23.9. The molecule has 0 saturated carbocycles. The number of nitro groups is 1. The predicted molar refractivity (Wildman–Crippen MR) is 104 cm³/mol. The second kappa shape index (κ2) is 10.2. The first kappa shape index (κ1) is 24.1. The highest BCUT2D eigenvalue weighted by molar-refractivity contribution is 5.97. The number of amides is 2. The monoisotopic (exact) mass is 455 g/mol. The van der Waals surface area contributed by atoms with E-state index < -0.39 is 52.6 Å². The number of carbonyl (C=O) groups excluding carboxylic acids is 3. The highest BCUT2D eigenvalue weighted by Gasteiger charge is 2.33. The maximum atomic E-state index is 12.7. The van der Waals surface area contributed by atoms with Gasteiger partial charge in [-0.1, -0.05) is 6.07 Å². The van der Waals surface area contributed by atoms with Gasteiger partial charge in [-0.25, -0.2) is 9.59 Å². The molecular formula is C19H16F3N3O7. The summed E-state index contributed by atoms with van der Waals surface area (Å²) in [5.41, 5.74) is -2.53. The van der Waals surface area contributed by atoms with Crippen LogP contribution < -0.4 is 10.6 Å². The molecule has 13 heteroatoms. The fourth-order valence-electron chi connectivity index (χ4n) is 2.37. The lowest BCUT2D eigenvalue weighted by molar-refractivity contribution is -0.384. The van der Waals surface area contributed by atoms with Crippen LogP contribution in [0.4, 0.5) is 35.0 Å². The maximum Gasteiger partial charge on any atom is 0.416 e. The number of hydrogen-bond acceptors (Lipinski definition) is 7. The zero-order valence-corrected chi connectivity index (χ0v) is 16.4. The highest BCUT2D eigenvalue weighted by atomic mass is 19.4. The second-order valence-electron chi connectivity index (χ2n) is 6.04. The Kier molecular flexibility index (Phi) is 7.71. The van der Waals surface area contributed by atoms with E-state index in [2.05, 4.69) is 5.32 Å². The molecule has 0 saturated heterocycles. The Balaban J connectivity index is 2.02. The first-order valence-corrected chi connectivity index (χ1v) is 8.87. The third kappa shape index (κ3) is 6.68. The molecule has 0 atom stereocenters. The molecule has 0 heterocycles. The molecule has 2 aromatic rings. The number of esters is 1. The summed E-state index contributed by atoms with van der Waals surface area (Å²) in [6.45, 7) is 0.879. The van der Waals surface area contributed by atoms with Crippen molar-refractivity contribution in [1.82, 2.24) is 0 Å². The van der Waals surface area contributed by atoms with E-state index in [1.807, 2.05) is 5.32 Å². The average molecular weight is 455 g/mol. The van der Waals surface area contributed by atoms with Crippen molar-refractivity contribution in [3.05, 3.63) is 63.7 Å². The van der Waals surface area contributed by atoms with Crippen molar-refractivity contribution in [2.24, 2.45) is 0 Å². The number of anilines is 2. The minimum Gasteiger partial charge on any atom is -0.452 e. The summed E-state index contributed by atoms with van der Waals surface area (Å²) < 4.78 is 47.7.